The molecule has 2 fully saturated rings. The summed E-state index contributed by atoms with van der Waals surface area (Å²) in [7, 11) is 1.31. The number of amides is 1. The topological polar surface area (TPSA) is 77.9 Å². The number of aromatic hydroxyl groups is 1. The smallest absolute Gasteiger partial charge is 0.416 e. The molecule has 2 aromatic carbocycles. The molecule has 6 rings (SSSR count). The van der Waals surface area contributed by atoms with Crippen LogP contribution in [0.25, 0.3) is 0 Å². The zero-order valence-corrected chi connectivity index (χ0v) is 24.2. The molecule has 10 heteroatoms. The van der Waals surface area contributed by atoms with Crippen LogP contribution in [0.5, 0.6) is 5.75 Å². The van der Waals surface area contributed by atoms with Crippen LogP contribution in [0.3, 0.4) is 0 Å². The van der Waals surface area contributed by atoms with Gasteiger partial charge in [-0.3, -0.25) is 15.1 Å². The Morgan fingerprint density at radius 3 is 2.58 bits per heavy atom. The summed E-state index contributed by atoms with van der Waals surface area (Å²) in [4.78, 5) is 22.2. The summed E-state index contributed by atoms with van der Waals surface area (Å²) in [6.45, 7) is 3.78. The lowest BCUT2D eigenvalue weighted by Crippen LogP contribution is -2.42. The van der Waals surface area contributed by atoms with E-state index >= 15 is 0 Å². The Bertz CT molecular complexity index is 1460. The van der Waals surface area contributed by atoms with Crippen molar-refractivity contribution in [1.82, 2.24) is 15.2 Å². The third-order valence-electron chi connectivity index (χ3n) is 9.61. The lowest BCUT2D eigenvalue weighted by atomic mass is 9.77. The lowest BCUT2D eigenvalue weighted by molar-refractivity contribution is -0.139. The minimum absolute atomic E-state index is 0.00280. The average Bonchev–Trinajstić information content (AvgIpc) is 3.62. The van der Waals surface area contributed by atoms with Crippen molar-refractivity contribution in [2.45, 2.75) is 50.4 Å². The molecule has 2 aliphatic heterocycles. The van der Waals surface area contributed by atoms with Crippen molar-refractivity contribution in [2.75, 3.05) is 44.7 Å². The number of phenols is 1. The van der Waals surface area contributed by atoms with E-state index < -0.39 is 23.7 Å². The van der Waals surface area contributed by atoms with Gasteiger partial charge in [0.15, 0.2) is 0 Å². The number of nitrogens with one attached hydrogen (secondary N) is 1. The van der Waals surface area contributed by atoms with Crippen LogP contribution in [0, 0.1) is 5.41 Å². The van der Waals surface area contributed by atoms with Gasteiger partial charge in [-0.25, -0.2) is 0 Å². The van der Waals surface area contributed by atoms with E-state index in [2.05, 4.69) is 15.2 Å². The number of aromatic nitrogens is 1. The second kappa shape index (κ2) is 11.8. The van der Waals surface area contributed by atoms with Gasteiger partial charge in [0.2, 0.25) is 0 Å². The predicted molar refractivity (Wildman–Crippen MR) is 157 cm³/mol. The van der Waals surface area contributed by atoms with Crippen LogP contribution in [0.1, 0.15) is 70.4 Å². The van der Waals surface area contributed by atoms with Gasteiger partial charge in [0, 0.05) is 69.0 Å². The molecule has 1 unspecified atom stereocenters. The number of carbonyl (C=O) groups is 1. The highest BCUT2D eigenvalue weighted by molar-refractivity contribution is 5.94. The molecule has 1 spiro atoms. The second-order valence-electron chi connectivity index (χ2n) is 12.1. The highest BCUT2D eigenvalue weighted by Gasteiger charge is 2.42. The van der Waals surface area contributed by atoms with E-state index in [1.807, 2.05) is 47.6 Å². The fourth-order valence-corrected chi connectivity index (χ4v) is 7.15. The molecule has 2 saturated heterocycles. The van der Waals surface area contributed by atoms with Gasteiger partial charge in [-0.05, 0) is 91.0 Å². The number of piperidine rings is 1. The molecule has 0 saturated carbocycles. The number of methoxy groups -OCH3 is 1. The number of likely N-dealkylation sites (tertiary alicyclic amines) is 1. The normalized spacial score (nSPS) is 20.4. The molecule has 0 radical (unpaired) electrons. The molecule has 0 bridgehead atoms. The van der Waals surface area contributed by atoms with E-state index in [0.717, 1.165) is 75.5 Å². The first-order valence-corrected chi connectivity index (χ1v) is 14.9. The zero-order chi connectivity index (χ0) is 30.2. The van der Waals surface area contributed by atoms with E-state index in [1.165, 1.54) is 24.9 Å². The van der Waals surface area contributed by atoms with Crippen molar-refractivity contribution in [3.05, 3.63) is 88.7 Å². The summed E-state index contributed by atoms with van der Waals surface area (Å²) < 4.78 is 46.4. The molecule has 228 valence electrons. The summed E-state index contributed by atoms with van der Waals surface area (Å²) >= 11 is 0. The molecule has 1 amide bonds. The molecule has 7 nitrogen and oxygen atoms in total. The number of carbonyl (C=O) groups excluding carboxylic acids is 1. The number of halogens is 3. The molecular weight excluding hydrogens is 557 g/mol. The number of phenolic OH excluding ortho intramolecular Hbond substituents is 1. The minimum Gasteiger partial charge on any atom is -0.508 e. The Kier molecular flexibility index (Phi) is 8.08. The van der Waals surface area contributed by atoms with Gasteiger partial charge < -0.3 is 19.6 Å². The number of alkyl halides is 3. The number of aryl methyl sites for hydroxylation is 1. The molecule has 3 heterocycles. The first kappa shape index (κ1) is 29.4. The lowest BCUT2D eigenvalue weighted by Gasteiger charge is -2.40. The Morgan fingerprint density at radius 1 is 1.12 bits per heavy atom. The minimum atomic E-state index is -4.63. The molecule has 1 aromatic heterocycles. The second-order valence-corrected chi connectivity index (χ2v) is 12.1. The summed E-state index contributed by atoms with van der Waals surface area (Å²) in [5.41, 5.74) is 2.93. The van der Waals surface area contributed by atoms with E-state index in [4.69, 9.17) is 4.74 Å². The maximum Gasteiger partial charge on any atom is 0.416 e. The van der Waals surface area contributed by atoms with Gasteiger partial charge in [-0.2, -0.15) is 13.2 Å². The van der Waals surface area contributed by atoms with Crippen LogP contribution in [-0.2, 0) is 17.3 Å². The number of benzene rings is 2. The van der Waals surface area contributed by atoms with Gasteiger partial charge in [0.25, 0.3) is 5.91 Å². The number of hydrogen-bond donors (Lipinski definition) is 2. The maximum atomic E-state index is 13.7. The van der Waals surface area contributed by atoms with Crippen LogP contribution in [0.15, 0.2) is 60.9 Å². The summed E-state index contributed by atoms with van der Waals surface area (Å²) in [6, 6.07) is 13.3. The molecule has 1 aliphatic carbocycles. The van der Waals surface area contributed by atoms with Crippen LogP contribution < -0.4 is 10.2 Å². The van der Waals surface area contributed by atoms with Crippen LogP contribution >= 0.6 is 0 Å². The monoisotopic (exact) mass is 594 g/mol. The van der Waals surface area contributed by atoms with Crippen molar-refractivity contribution >= 4 is 11.6 Å². The predicted octanol–water partition coefficient (Wildman–Crippen LogP) is 5.90. The molecule has 3 aliphatic rings. The molecule has 43 heavy (non-hydrogen) atoms. The Labute approximate surface area is 249 Å². The average molecular weight is 595 g/mol. The van der Waals surface area contributed by atoms with Crippen LogP contribution in [0.4, 0.5) is 18.9 Å². The van der Waals surface area contributed by atoms with Gasteiger partial charge in [-0.15, -0.1) is 0 Å². The van der Waals surface area contributed by atoms with Crippen LogP contribution in [0.2, 0.25) is 0 Å². The van der Waals surface area contributed by atoms with Crippen molar-refractivity contribution < 1.29 is 27.8 Å². The number of fused-ring (bicyclic) bond motifs is 1. The number of pyridine rings is 1. The van der Waals surface area contributed by atoms with Gasteiger partial charge in [-0.1, -0.05) is 12.1 Å². The fourth-order valence-electron chi connectivity index (χ4n) is 7.15. The number of anilines is 1. The Hall–Kier alpha value is -3.63. The van der Waals surface area contributed by atoms with E-state index in [1.54, 1.807) is 0 Å². The number of rotatable bonds is 7. The summed E-state index contributed by atoms with van der Waals surface area (Å²) in [5.74, 6) is -0.433. The molecular formula is C33H37F3N4O3. The maximum absolute atomic E-state index is 13.7. The van der Waals surface area contributed by atoms with E-state index in [9.17, 15) is 23.1 Å². The van der Waals surface area contributed by atoms with Crippen molar-refractivity contribution in [3.8, 4) is 5.75 Å². The molecule has 3 aromatic rings. The largest absolute Gasteiger partial charge is 0.508 e. The van der Waals surface area contributed by atoms with Crippen molar-refractivity contribution in [3.63, 3.8) is 0 Å². The highest BCUT2D eigenvalue weighted by atomic mass is 19.4. The first-order chi connectivity index (χ1) is 20.7. The molecule has 2 atom stereocenters. The zero-order valence-electron chi connectivity index (χ0n) is 24.2. The Balaban J connectivity index is 1.11. The number of hydrogen-bond acceptors (Lipinski definition) is 6. The van der Waals surface area contributed by atoms with Crippen molar-refractivity contribution in [2.24, 2.45) is 5.41 Å². The van der Waals surface area contributed by atoms with Crippen LogP contribution in [-0.4, -0.2) is 60.7 Å². The van der Waals surface area contributed by atoms with Gasteiger partial charge in [0.05, 0.1) is 5.56 Å². The standard InChI is InChI=1S/C33H37F3N4O3/c1-43-30(29-27(33(34,35)36)3-2-4-28(29)41)38-20-24-8-6-22-5-7-23(19-26(22)24)31(42)40-18-13-32(21-40)11-16-39(17-12-32)25-9-14-37-15-10-25/h2-5,7,9-10,14-15,19,24,30,38,41H,6,8,11-13,16-18,20-21H2,1H3/t24-,30?/m0/s1. The summed E-state index contributed by atoms with van der Waals surface area (Å²) in [5, 5.41) is 13.4. The molecule has 2 N–H and O–H groups in total. The SMILES string of the molecule is COC(NC[C@@H]1CCc2ccc(C(=O)N3CCC4(CCN(c5ccncc5)CC4)C3)cc21)c1c(O)cccc1C(F)(F)F. The number of ether oxygens (including phenoxy) is 1. The first-order valence-electron chi connectivity index (χ1n) is 14.9. The Morgan fingerprint density at radius 2 is 1.86 bits per heavy atom. The summed E-state index contributed by atoms with van der Waals surface area (Å²) in [6.07, 6.45) is 2.61. The van der Waals surface area contributed by atoms with E-state index in [-0.39, 0.29) is 22.8 Å². The number of nitrogens with zero attached hydrogens (tertiary/aromatic N) is 3. The fraction of sp³-hybridized carbons (Fsp3) is 0.455. The van der Waals surface area contributed by atoms with Crippen molar-refractivity contribution in [1.29, 1.82) is 0 Å². The quantitative estimate of drug-likeness (QED) is 0.332. The third-order valence-corrected chi connectivity index (χ3v) is 9.61. The third kappa shape index (κ3) is 5.95. The van der Waals surface area contributed by atoms with Gasteiger partial charge in [0.1, 0.15) is 12.0 Å². The highest BCUT2D eigenvalue weighted by Crippen LogP contribution is 2.43. The van der Waals surface area contributed by atoms with Gasteiger partial charge >= 0.3 is 6.18 Å². The van der Waals surface area contributed by atoms with E-state index in [0.29, 0.717) is 12.1 Å².